The average molecular weight is 254 g/mol. The monoisotopic (exact) mass is 254 g/mol. The molecule has 0 spiro atoms. The molecule has 7 heteroatoms. The highest BCUT2D eigenvalue weighted by Crippen LogP contribution is 2.38. The Morgan fingerprint density at radius 2 is 2.00 bits per heavy atom. The van der Waals surface area contributed by atoms with Gasteiger partial charge in [-0.25, -0.2) is 4.98 Å². The van der Waals surface area contributed by atoms with Crippen molar-refractivity contribution in [3.05, 3.63) is 29.7 Å². The number of nitrogens with zero attached hydrogens (tertiary/aromatic N) is 3. The minimum absolute atomic E-state index is 0.339. The van der Waals surface area contributed by atoms with Crippen LogP contribution in [0.15, 0.2) is 18.3 Å². The summed E-state index contributed by atoms with van der Waals surface area (Å²) in [5.41, 5.74) is -0.435. The zero-order chi connectivity index (χ0) is 12.8. The maximum Gasteiger partial charge on any atom is 0.417 e. The number of nitrogens with one attached hydrogen (secondary N) is 1. The molecule has 0 aromatic carbocycles. The lowest BCUT2D eigenvalue weighted by Gasteiger charge is -2.05. The molecule has 1 aliphatic carbocycles. The number of aromatic nitrogens is 4. The molecule has 1 saturated carbocycles. The van der Waals surface area contributed by atoms with Crippen molar-refractivity contribution in [2.45, 2.75) is 24.9 Å². The SMILES string of the molecule is FC(F)(F)c1ccc(-c2n[nH]c(C3CC3)n2)nc1. The second-order valence-electron chi connectivity index (χ2n) is 4.25. The minimum Gasteiger partial charge on any atom is -0.262 e. The maximum atomic E-state index is 12.4. The van der Waals surface area contributed by atoms with Gasteiger partial charge in [0.1, 0.15) is 11.5 Å². The van der Waals surface area contributed by atoms with Gasteiger partial charge in [0.05, 0.1) is 5.56 Å². The first kappa shape index (κ1) is 11.2. The zero-order valence-corrected chi connectivity index (χ0v) is 9.20. The Hall–Kier alpha value is -1.92. The Morgan fingerprint density at radius 1 is 1.22 bits per heavy atom. The summed E-state index contributed by atoms with van der Waals surface area (Å²) in [6.07, 6.45) is -1.42. The minimum atomic E-state index is -4.37. The second-order valence-corrected chi connectivity index (χ2v) is 4.25. The van der Waals surface area contributed by atoms with E-state index in [9.17, 15) is 13.2 Å². The van der Waals surface area contributed by atoms with Crippen molar-refractivity contribution in [3.8, 4) is 11.5 Å². The summed E-state index contributed by atoms with van der Waals surface area (Å²) >= 11 is 0. The molecule has 0 saturated heterocycles. The lowest BCUT2D eigenvalue weighted by Crippen LogP contribution is -2.05. The first-order valence-electron chi connectivity index (χ1n) is 5.50. The summed E-state index contributed by atoms with van der Waals surface area (Å²) in [6, 6.07) is 2.26. The topological polar surface area (TPSA) is 54.5 Å². The fourth-order valence-electron chi connectivity index (χ4n) is 1.62. The van der Waals surface area contributed by atoms with Crippen LogP contribution >= 0.6 is 0 Å². The number of rotatable bonds is 2. The van der Waals surface area contributed by atoms with E-state index in [1.807, 2.05) is 0 Å². The van der Waals surface area contributed by atoms with Crippen molar-refractivity contribution in [1.29, 1.82) is 0 Å². The first-order chi connectivity index (χ1) is 8.54. The van der Waals surface area contributed by atoms with Crippen LogP contribution in [0.2, 0.25) is 0 Å². The van der Waals surface area contributed by atoms with E-state index in [4.69, 9.17) is 0 Å². The van der Waals surface area contributed by atoms with Crippen molar-refractivity contribution in [2.75, 3.05) is 0 Å². The lowest BCUT2D eigenvalue weighted by atomic mass is 10.2. The number of aromatic amines is 1. The molecular weight excluding hydrogens is 245 g/mol. The molecule has 94 valence electrons. The summed E-state index contributed by atoms with van der Waals surface area (Å²) in [4.78, 5) is 7.97. The van der Waals surface area contributed by atoms with Crippen LogP contribution in [0.3, 0.4) is 0 Å². The van der Waals surface area contributed by atoms with Gasteiger partial charge in [-0.1, -0.05) is 0 Å². The highest BCUT2D eigenvalue weighted by molar-refractivity contribution is 5.48. The van der Waals surface area contributed by atoms with E-state index in [0.717, 1.165) is 30.9 Å². The smallest absolute Gasteiger partial charge is 0.262 e. The third-order valence-corrected chi connectivity index (χ3v) is 2.79. The molecule has 2 aromatic heterocycles. The van der Waals surface area contributed by atoms with Gasteiger partial charge in [0.15, 0.2) is 5.82 Å². The van der Waals surface area contributed by atoms with Gasteiger partial charge in [0.25, 0.3) is 0 Å². The number of hydrogen-bond acceptors (Lipinski definition) is 3. The van der Waals surface area contributed by atoms with Gasteiger partial charge in [0, 0.05) is 12.1 Å². The van der Waals surface area contributed by atoms with E-state index in [1.54, 1.807) is 0 Å². The molecule has 1 aliphatic rings. The predicted octanol–water partition coefficient (Wildman–Crippen LogP) is 2.76. The average Bonchev–Trinajstić information content (AvgIpc) is 3.06. The largest absolute Gasteiger partial charge is 0.417 e. The summed E-state index contributed by atoms with van der Waals surface area (Å²) in [5, 5.41) is 6.75. The van der Waals surface area contributed by atoms with Gasteiger partial charge in [-0.3, -0.25) is 10.1 Å². The normalized spacial score (nSPS) is 15.9. The fraction of sp³-hybridized carbons (Fsp3) is 0.364. The van der Waals surface area contributed by atoms with Crippen molar-refractivity contribution in [3.63, 3.8) is 0 Å². The Morgan fingerprint density at radius 3 is 2.56 bits per heavy atom. The highest BCUT2D eigenvalue weighted by atomic mass is 19.4. The Labute approximate surface area is 100 Å². The van der Waals surface area contributed by atoms with Crippen LogP contribution in [0.25, 0.3) is 11.5 Å². The molecular formula is C11H9F3N4. The van der Waals surface area contributed by atoms with E-state index in [2.05, 4.69) is 20.2 Å². The Bertz CT molecular complexity index is 554. The summed E-state index contributed by atoms with van der Waals surface area (Å²) in [7, 11) is 0. The molecule has 0 bridgehead atoms. The van der Waals surface area contributed by atoms with Crippen LogP contribution < -0.4 is 0 Å². The van der Waals surface area contributed by atoms with E-state index in [-0.39, 0.29) is 0 Å². The highest BCUT2D eigenvalue weighted by Gasteiger charge is 2.31. The quantitative estimate of drug-likeness (QED) is 0.896. The molecule has 0 unspecified atom stereocenters. The van der Waals surface area contributed by atoms with Crippen molar-refractivity contribution in [2.24, 2.45) is 0 Å². The van der Waals surface area contributed by atoms with Gasteiger partial charge in [0.2, 0.25) is 0 Å². The molecule has 0 amide bonds. The summed E-state index contributed by atoms with van der Waals surface area (Å²) < 4.78 is 37.1. The molecule has 2 aromatic rings. The van der Waals surface area contributed by atoms with E-state index < -0.39 is 11.7 Å². The van der Waals surface area contributed by atoms with Crippen molar-refractivity contribution in [1.82, 2.24) is 20.2 Å². The standard InChI is InChI=1S/C11H9F3N4/c12-11(13,14)7-3-4-8(15-5-7)10-16-9(17-18-10)6-1-2-6/h3-6H,1-2H2,(H,16,17,18). The molecule has 0 radical (unpaired) electrons. The second kappa shape index (κ2) is 3.79. The fourth-order valence-corrected chi connectivity index (χ4v) is 1.62. The molecule has 18 heavy (non-hydrogen) atoms. The van der Waals surface area contributed by atoms with Gasteiger partial charge in [-0.15, -0.1) is 0 Å². The molecule has 1 fully saturated rings. The number of H-pyrrole nitrogens is 1. The van der Waals surface area contributed by atoms with Crippen LogP contribution in [-0.4, -0.2) is 20.2 Å². The van der Waals surface area contributed by atoms with Crippen molar-refractivity contribution < 1.29 is 13.2 Å². The van der Waals surface area contributed by atoms with Crippen LogP contribution in [-0.2, 0) is 6.18 Å². The molecule has 0 aliphatic heterocycles. The van der Waals surface area contributed by atoms with Gasteiger partial charge >= 0.3 is 6.18 Å². The van der Waals surface area contributed by atoms with Crippen molar-refractivity contribution >= 4 is 0 Å². The first-order valence-corrected chi connectivity index (χ1v) is 5.50. The lowest BCUT2D eigenvalue weighted by molar-refractivity contribution is -0.137. The molecule has 4 nitrogen and oxygen atoms in total. The maximum absolute atomic E-state index is 12.4. The predicted molar refractivity (Wildman–Crippen MR) is 56.6 cm³/mol. The van der Waals surface area contributed by atoms with Crippen LogP contribution in [0.5, 0.6) is 0 Å². The zero-order valence-electron chi connectivity index (χ0n) is 9.20. The number of pyridine rings is 1. The Balaban J connectivity index is 1.87. The van der Waals surface area contributed by atoms with Gasteiger partial charge in [-0.05, 0) is 25.0 Å². The Kier molecular flexibility index (Phi) is 2.36. The van der Waals surface area contributed by atoms with Crippen LogP contribution in [0, 0.1) is 0 Å². The summed E-state index contributed by atoms with van der Waals surface area (Å²) in [5.74, 6) is 1.54. The van der Waals surface area contributed by atoms with Crippen LogP contribution in [0.1, 0.15) is 30.1 Å². The number of halogens is 3. The van der Waals surface area contributed by atoms with Gasteiger partial charge in [-0.2, -0.15) is 18.3 Å². The van der Waals surface area contributed by atoms with Gasteiger partial charge < -0.3 is 0 Å². The van der Waals surface area contributed by atoms with E-state index in [1.165, 1.54) is 6.07 Å². The third-order valence-electron chi connectivity index (χ3n) is 2.79. The van der Waals surface area contributed by atoms with Crippen LogP contribution in [0.4, 0.5) is 13.2 Å². The van der Waals surface area contributed by atoms with E-state index in [0.29, 0.717) is 17.4 Å². The number of hydrogen-bond donors (Lipinski definition) is 1. The van der Waals surface area contributed by atoms with E-state index >= 15 is 0 Å². The summed E-state index contributed by atoms with van der Waals surface area (Å²) in [6.45, 7) is 0. The molecule has 0 atom stereocenters. The number of alkyl halides is 3. The molecule has 1 N–H and O–H groups in total. The third kappa shape index (κ3) is 2.07. The molecule has 2 heterocycles. The molecule has 3 rings (SSSR count).